The number of hydrogen-bond acceptors (Lipinski definition) is 4. The molecular formula is C12H16NO3P. The van der Waals surface area contributed by atoms with Crippen LogP contribution in [0.25, 0.3) is 0 Å². The number of hydrogen-bond donors (Lipinski definition) is 0. The molecule has 2 atom stereocenters. The van der Waals surface area contributed by atoms with E-state index in [-0.39, 0.29) is 11.2 Å². The predicted molar refractivity (Wildman–Crippen MR) is 67.5 cm³/mol. The summed E-state index contributed by atoms with van der Waals surface area (Å²) in [5, 5.41) is 0. The second-order valence-corrected chi connectivity index (χ2v) is 5.02. The topological polar surface area (TPSA) is 48.4 Å². The molecule has 2 rings (SSSR count). The van der Waals surface area contributed by atoms with E-state index in [0.29, 0.717) is 18.9 Å². The number of nitrogens with zero attached hydrogens (tertiary/aromatic N) is 1. The number of fused-ring (bicyclic) bond motifs is 1. The fraction of sp³-hybridized carbons (Fsp3) is 0.500. The fourth-order valence-electron chi connectivity index (χ4n) is 2.08. The number of carbonyl (C=O) groups excluding carboxylic acids is 1. The first-order chi connectivity index (χ1) is 7.98. The molecule has 5 heteroatoms. The minimum absolute atomic E-state index is 0.0306. The lowest BCUT2D eigenvalue weighted by Crippen LogP contribution is -2.28. The zero-order valence-corrected chi connectivity index (χ0v) is 11.4. The first-order valence-electron chi connectivity index (χ1n) is 5.45. The lowest BCUT2D eigenvalue weighted by atomic mass is 9.85. The summed E-state index contributed by atoms with van der Waals surface area (Å²) >= 11 is 0. The van der Waals surface area contributed by atoms with Crippen LogP contribution in [0.15, 0.2) is 6.07 Å². The first-order valence-corrected chi connectivity index (χ1v) is 5.92. The minimum atomic E-state index is -0.213. The maximum Gasteiger partial charge on any atom is 0.178 e. The summed E-state index contributed by atoms with van der Waals surface area (Å²) in [6.07, 6.45) is 0. The van der Waals surface area contributed by atoms with Crippen LogP contribution in [-0.2, 0) is 9.94 Å². The molecule has 1 aromatic rings. The maximum absolute atomic E-state index is 11.4. The number of ether oxygens (including phenoxy) is 1. The van der Waals surface area contributed by atoms with E-state index >= 15 is 0 Å². The molecule has 0 radical (unpaired) electrons. The van der Waals surface area contributed by atoms with E-state index in [0.717, 1.165) is 17.0 Å². The van der Waals surface area contributed by atoms with E-state index in [1.165, 1.54) is 6.92 Å². The van der Waals surface area contributed by atoms with Crippen molar-refractivity contribution < 1.29 is 14.1 Å². The van der Waals surface area contributed by atoms with Crippen molar-refractivity contribution in [3.8, 4) is 5.75 Å². The Balaban J connectivity index is 2.54. The van der Waals surface area contributed by atoms with Crippen LogP contribution in [0.3, 0.4) is 0 Å². The van der Waals surface area contributed by atoms with Crippen molar-refractivity contribution in [1.82, 2.24) is 4.98 Å². The Labute approximate surface area is 103 Å². The molecule has 92 valence electrons. The number of aryl methyl sites for hydroxylation is 1. The number of rotatable bonds is 3. The molecule has 0 saturated heterocycles. The van der Waals surface area contributed by atoms with Crippen molar-refractivity contribution in [2.24, 2.45) is 0 Å². The van der Waals surface area contributed by atoms with Crippen molar-refractivity contribution in [3.05, 3.63) is 23.0 Å². The Hall–Kier alpha value is -0.990. The van der Waals surface area contributed by atoms with Crippen LogP contribution in [0, 0.1) is 6.92 Å². The Morgan fingerprint density at radius 1 is 1.71 bits per heavy atom. The summed E-state index contributed by atoms with van der Waals surface area (Å²) in [4.78, 5) is 15.7. The monoisotopic (exact) mass is 253 g/mol. The Bertz CT molecular complexity index is 475. The summed E-state index contributed by atoms with van der Waals surface area (Å²) in [5.41, 5.74) is 2.05. The molecule has 0 saturated carbocycles. The smallest absolute Gasteiger partial charge is 0.178 e. The van der Waals surface area contributed by atoms with Gasteiger partial charge in [0.25, 0.3) is 0 Å². The van der Waals surface area contributed by atoms with Crippen LogP contribution in [0.5, 0.6) is 5.75 Å². The summed E-state index contributed by atoms with van der Waals surface area (Å²) in [7, 11) is 2.25. The summed E-state index contributed by atoms with van der Waals surface area (Å²) in [6.45, 7) is 6.53. The minimum Gasteiger partial charge on any atom is -0.490 e. The van der Waals surface area contributed by atoms with Gasteiger partial charge >= 0.3 is 0 Å². The van der Waals surface area contributed by atoms with Gasteiger partial charge in [-0.3, -0.25) is 4.79 Å². The molecule has 0 N–H and O–H groups in total. The standard InChI is InChI=1S/C12H16NO3P/c1-7-11-9(4-10(13-7)8(2)14)12(3,5-15-11)6-16-17/h4H,5-6,17H2,1-3H3/t12-/m1/s1. The number of aromatic nitrogens is 1. The average Bonchev–Trinajstić information content (AvgIpc) is 2.57. The van der Waals surface area contributed by atoms with Crippen molar-refractivity contribution in [2.45, 2.75) is 26.2 Å². The molecule has 17 heavy (non-hydrogen) atoms. The van der Waals surface area contributed by atoms with Gasteiger partial charge in [0, 0.05) is 22.0 Å². The lowest BCUT2D eigenvalue weighted by Gasteiger charge is -2.21. The zero-order valence-electron chi connectivity index (χ0n) is 10.2. The molecule has 0 spiro atoms. The summed E-state index contributed by atoms with van der Waals surface area (Å²) < 4.78 is 10.8. The highest BCUT2D eigenvalue weighted by molar-refractivity contribution is 7.09. The van der Waals surface area contributed by atoms with Gasteiger partial charge in [0.1, 0.15) is 18.1 Å². The van der Waals surface area contributed by atoms with E-state index in [1.54, 1.807) is 0 Å². The Morgan fingerprint density at radius 3 is 3.00 bits per heavy atom. The zero-order chi connectivity index (χ0) is 12.6. The molecule has 1 aromatic heterocycles. The fourth-order valence-corrected chi connectivity index (χ4v) is 2.45. The molecule has 0 bridgehead atoms. The molecule has 1 unspecified atom stereocenters. The number of ketones is 1. The van der Waals surface area contributed by atoms with Crippen LogP contribution in [0.1, 0.15) is 35.6 Å². The van der Waals surface area contributed by atoms with Gasteiger partial charge in [-0.05, 0) is 19.9 Å². The van der Waals surface area contributed by atoms with Crippen molar-refractivity contribution in [2.75, 3.05) is 13.2 Å². The van der Waals surface area contributed by atoms with E-state index in [9.17, 15) is 4.79 Å². The highest BCUT2D eigenvalue weighted by Gasteiger charge is 2.38. The van der Waals surface area contributed by atoms with Gasteiger partial charge in [0.15, 0.2) is 5.78 Å². The molecule has 1 aliphatic rings. The Morgan fingerprint density at radius 2 is 2.41 bits per heavy atom. The maximum atomic E-state index is 11.4. The molecule has 0 fully saturated rings. The largest absolute Gasteiger partial charge is 0.490 e. The number of pyridine rings is 1. The first kappa shape index (κ1) is 12.5. The van der Waals surface area contributed by atoms with E-state index < -0.39 is 0 Å². The molecule has 1 aliphatic heterocycles. The molecule has 2 heterocycles. The van der Waals surface area contributed by atoms with Crippen LogP contribution in [0.4, 0.5) is 0 Å². The van der Waals surface area contributed by atoms with Gasteiger partial charge in [0.05, 0.1) is 17.7 Å². The molecule has 0 aromatic carbocycles. The highest BCUT2D eigenvalue weighted by Crippen LogP contribution is 2.41. The van der Waals surface area contributed by atoms with Crippen LogP contribution in [0.2, 0.25) is 0 Å². The van der Waals surface area contributed by atoms with Crippen LogP contribution < -0.4 is 4.74 Å². The lowest BCUT2D eigenvalue weighted by molar-refractivity contribution is 0.101. The van der Waals surface area contributed by atoms with Gasteiger partial charge in [0.2, 0.25) is 0 Å². The summed E-state index contributed by atoms with van der Waals surface area (Å²) in [5.74, 6) is 0.761. The summed E-state index contributed by atoms with van der Waals surface area (Å²) in [6, 6.07) is 1.82. The number of carbonyl (C=O) groups is 1. The normalized spacial score (nSPS) is 22.1. The van der Waals surface area contributed by atoms with E-state index in [1.807, 2.05) is 13.0 Å². The molecule has 0 amide bonds. The Kier molecular flexibility index (Phi) is 3.19. The molecule has 4 nitrogen and oxygen atoms in total. The predicted octanol–water partition coefficient (Wildman–Crippen LogP) is 2.05. The average molecular weight is 253 g/mol. The van der Waals surface area contributed by atoms with Gasteiger partial charge in [-0.1, -0.05) is 0 Å². The second-order valence-electron chi connectivity index (χ2n) is 4.69. The van der Waals surface area contributed by atoms with Crippen molar-refractivity contribution in [3.63, 3.8) is 0 Å². The van der Waals surface area contributed by atoms with Gasteiger partial charge in [-0.15, -0.1) is 0 Å². The third-order valence-corrected chi connectivity index (χ3v) is 3.26. The van der Waals surface area contributed by atoms with Gasteiger partial charge in [-0.2, -0.15) is 0 Å². The molecule has 0 aliphatic carbocycles. The van der Waals surface area contributed by atoms with E-state index in [4.69, 9.17) is 9.26 Å². The molecular weight excluding hydrogens is 237 g/mol. The van der Waals surface area contributed by atoms with Gasteiger partial charge < -0.3 is 9.26 Å². The van der Waals surface area contributed by atoms with Gasteiger partial charge in [-0.25, -0.2) is 4.98 Å². The van der Waals surface area contributed by atoms with E-state index in [2.05, 4.69) is 21.4 Å². The SMILES string of the molecule is CC(=O)c1cc2c(c(C)n1)OC[C@]2(C)COP. The van der Waals surface area contributed by atoms with Crippen molar-refractivity contribution in [1.29, 1.82) is 0 Å². The number of Topliss-reactive ketones (excluding diaryl/α,β-unsaturated/α-hetero) is 1. The van der Waals surface area contributed by atoms with Crippen LogP contribution in [-0.4, -0.2) is 24.0 Å². The third-order valence-electron chi connectivity index (χ3n) is 3.09. The second kappa shape index (κ2) is 4.35. The van der Waals surface area contributed by atoms with Crippen LogP contribution >= 0.6 is 9.47 Å². The quantitative estimate of drug-likeness (QED) is 0.611. The highest BCUT2D eigenvalue weighted by atomic mass is 31.0. The third kappa shape index (κ3) is 2.07. The van der Waals surface area contributed by atoms with Crippen molar-refractivity contribution >= 4 is 15.2 Å².